The van der Waals surface area contributed by atoms with Crippen molar-refractivity contribution in [3.05, 3.63) is 52.8 Å². The molecular formula is C13H10ClNO. The molecular weight excluding hydrogens is 222 g/mol. The smallest absolute Gasteiger partial charge is 0.151 e. The molecule has 0 aliphatic rings. The van der Waals surface area contributed by atoms with Gasteiger partial charge in [0.15, 0.2) is 6.29 Å². The van der Waals surface area contributed by atoms with Gasteiger partial charge in [-0.1, -0.05) is 17.7 Å². The van der Waals surface area contributed by atoms with Gasteiger partial charge in [-0.15, -0.1) is 0 Å². The third-order valence-corrected chi connectivity index (χ3v) is 2.82. The van der Waals surface area contributed by atoms with E-state index in [0.29, 0.717) is 10.6 Å². The number of hydrogen-bond donors (Lipinski definition) is 0. The highest BCUT2D eigenvalue weighted by atomic mass is 35.5. The minimum Gasteiger partial charge on any atom is -0.298 e. The Hall–Kier alpha value is -1.67. The second-order valence-electron chi connectivity index (χ2n) is 3.54. The van der Waals surface area contributed by atoms with Crippen LogP contribution in [0.15, 0.2) is 36.7 Å². The van der Waals surface area contributed by atoms with Gasteiger partial charge in [0, 0.05) is 23.5 Å². The van der Waals surface area contributed by atoms with Crippen LogP contribution in [0.2, 0.25) is 5.02 Å². The second-order valence-corrected chi connectivity index (χ2v) is 3.95. The first-order valence-electron chi connectivity index (χ1n) is 4.88. The Morgan fingerprint density at radius 2 is 2.12 bits per heavy atom. The first kappa shape index (κ1) is 10.8. The number of aryl methyl sites for hydroxylation is 1. The monoisotopic (exact) mass is 231 g/mol. The van der Waals surface area contributed by atoms with Crippen LogP contribution in [0.25, 0.3) is 11.1 Å². The molecule has 1 aromatic carbocycles. The molecule has 0 amide bonds. The Morgan fingerprint density at radius 3 is 2.81 bits per heavy atom. The first-order chi connectivity index (χ1) is 7.72. The zero-order chi connectivity index (χ0) is 11.5. The van der Waals surface area contributed by atoms with Crippen molar-refractivity contribution in [2.45, 2.75) is 6.92 Å². The molecule has 0 unspecified atom stereocenters. The van der Waals surface area contributed by atoms with Gasteiger partial charge in [0.05, 0.1) is 5.02 Å². The van der Waals surface area contributed by atoms with Crippen LogP contribution in [-0.2, 0) is 0 Å². The molecule has 2 rings (SSSR count). The summed E-state index contributed by atoms with van der Waals surface area (Å²) in [6, 6.07) is 7.33. The van der Waals surface area contributed by atoms with Crippen molar-refractivity contribution in [3.63, 3.8) is 0 Å². The molecule has 1 heterocycles. The van der Waals surface area contributed by atoms with E-state index < -0.39 is 0 Å². The number of rotatable bonds is 2. The molecule has 0 saturated carbocycles. The van der Waals surface area contributed by atoms with Crippen molar-refractivity contribution < 1.29 is 4.79 Å². The molecule has 80 valence electrons. The second kappa shape index (κ2) is 4.45. The zero-order valence-electron chi connectivity index (χ0n) is 8.77. The number of hydrogen-bond acceptors (Lipinski definition) is 2. The fraction of sp³-hybridized carbons (Fsp3) is 0.0769. The van der Waals surface area contributed by atoms with Crippen molar-refractivity contribution in [2.75, 3.05) is 0 Å². The summed E-state index contributed by atoms with van der Waals surface area (Å²) in [5, 5.41) is 0.472. The predicted molar refractivity (Wildman–Crippen MR) is 64.8 cm³/mol. The van der Waals surface area contributed by atoms with Crippen LogP contribution in [-0.4, -0.2) is 11.3 Å². The van der Waals surface area contributed by atoms with Crippen molar-refractivity contribution >= 4 is 17.9 Å². The molecule has 0 spiro atoms. The summed E-state index contributed by atoms with van der Waals surface area (Å²) in [6.07, 6.45) is 4.29. The summed E-state index contributed by atoms with van der Waals surface area (Å²) in [5.74, 6) is 0. The van der Waals surface area contributed by atoms with Gasteiger partial charge < -0.3 is 0 Å². The van der Waals surface area contributed by atoms with E-state index in [9.17, 15) is 4.79 Å². The average molecular weight is 232 g/mol. The first-order valence-corrected chi connectivity index (χ1v) is 5.26. The van der Waals surface area contributed by atoms with Crippen molar-refractivity contribution in [2.24, 2.45) is 0 Å². The molecule has 16 heavy (non-hydrogen) atoms. The van der Waals surface area contributed by atoms with Crippen molar-refractivity contribution in [1.82, 2.24) is 4.98 Å². The number of halogens is 1. The minimum atomic E-state index is 0.472. The maximum absolute atomic E-state index is 10.8. The lowest BCUT2D eigenvalue weighted by molar-refractivity contribution is 0.112. The highest BCUT2D eigenvalue weighted by Gasteiger charge is 2.05. The topological polar surface area (TPSA) is 30.0 Å². The summed E-state index contributed by atoms with van der Waals surface area (Å²) < 4.78 is 0. The Bertz CT molecular complexity index is 537. The lowest BCUT2D eigenvalue weighted by Gasteiger charge is -2.06. The molecule has 2 nitrogen and oxygen atoms in total. The van der Waals surface area contributed by atoms with E-state index in [4.69, 9.17) is 11.6 Å². The molecule has 1 aromatic heterocycles. The molecule has 0 bridgehead atoms. The highest BCUT2D eigenvalue weighted by molar-refractivity contribution is 6.33. The van der Waals surface area contributed by atoms with E-state index in [0.717, 1.165) is 23.0 Å². The molecule has 0 fully saturated rings. The Morgan fingerprint density at radius 1 is 1.31 bits per heavy atom. The van der Waals surface area contributed by atoms with Gasteiger partial charge in [0.1, 0.15) is 0 Å². The molecule has 0 radical (unpaired) electrons. The Balaban J connectivity index is 2.57. The van der Waals surface area contributed by atoms with Crippen molar-refractivity contribution in [1.29, 1.82) is 0 Å². The molecule has 0 aliphatic heterocycles. The van der Waals surface area contributed by atoms with Crippen LogP contribution >= 0.6 is 11.6 Å². The van der Waals surface area contributed by atoms with Crippen LogP contribution in [0, 0.1) is 6.92 Å². The van der Waals surface area contributed by atoms with Gasteiger partial charge in [-0.2, -0.15) is 0 Å². The highest BCUT2D eigenvalue weighted by Crippen LogP contribution is 2.25. The number of aldehydes is 1. The number of carbonyl (C=O) groups excluding carboxylic acids is 1. The van der Waals surface area contributed by atoms with E-state index in [1.165, 1.54) is 0 Å². The fourth-order valence-corrected chi connectivity index (χ4v) is 1.73. The van der Waals surface area contributed by atoms with Crippen LogP contribution in [0.3, 0.4) is 0 Å². The summed E-state index contributed by atoms with van der Waals surface area (Å²) in [5.41, 5.74) is 3.59. The van der Waals surface area contributed by atoms with Gasteiger partial charge in [-0.3, -0.25) is 9.78 Å². The lowest BCUT2D eigenvalue weighted by atomic mass is 10.0. The number of benzene rings is 1. The minimum absolute atomic E-state index is 0.472. The van der Waals surface area contributed by atoms with Crippen LogP contribution in [0.5, 0.6) is 0 Å². The molecule has 2 aromatic rings. The van der Waals surface area contributed by atoms with Crippen LogP contribution in [0.4, 0.5) is 0 Å². The lowest BCUT2D eigenvalue weighted by Crippen LogP contribution is -1.88. The van der Waals surface area contributed by atoms with E-state index in [2.05, 4.69) is 4.98 Å². The Labute approximate surface area is 98.9 Å². The maximum atomic E-state index is 10.8. The summed E-state index contributed by atoms with van der Waals surface area (Å²) in [4.78, 5) is 14.9. The summed E-state index contributed by atoms with van der Waals surface area (Å²) in [7, 11) is 0. The Kier molecular flexibility index (Phi) is 3.02. The van der Waals surface area contributed by atoms with Gasteiger partial charge in [-0.05, 0) is 36.2 Å². The number of pyridine rings is 1. The maximum Gasteiger partial charge on any atom is 0.151 e. The van der Waals surface area contributed by atoms with Crippen molar-refractivity contribution in [3.8, 4) is 11.1 Å². The van der Waals surface area contributed by atoms with Gasteiger partial charge in [-0.25, -0.2) is 0 Å². The van der Waals surface area contributed by atoms with Crippen LogP contribution in [0.1, 0.15) is 15.9 Å². The normalized spacial score (nSPS) is 10.1. The molecule has 3 heteroatoms. The number of aromatic nitrogens is 1. The van der Waals surface area contributed by atoms with Crippen LogP contribution < -0.4 is 0 Å². The van der Waals surface area contributed by atoms with Gasteiger partial charge in [0.25, 0.3) is 0 Å². The quantitative estimate of drug-likeness (QED) is 0.741. The summed E-state index contributed by atoms with van der Waals surface area (Å²) in [6.45, 7) is 2.01. The van der Waals surface area contributed by atoms with E-state index >= 15 is 0 Å². The number of carbonyl (C=O) groups is 1. The molecule has 0 N–H and O–H groups in total. The zero-order valence-corrected chi connectivity index (χ0v) is 9.53. The third kappa shape index (κ3) is 1.97. The fourth-order valence-electron chi connectivity index (χ4n) is 1.57. The average Bonchev–Trinajstić information content (AvgIpc) is 2.31. The third-order valence-electron chi connectivity index (χ3n) is 2.47. The SMILES string of the molecule is Cc1ccncc1-c1ccc(Cl)c(C=O)c1. The van der Waals surface area contributed by atoms with E-state index in [-0.39, 0.29) is 0 Å². The van der Waals surface area contributed by atoms with E-state index in [1.807, 2.05) is 19.1 Å². The van der Waals surface area contributed by atoms with Gasteiger partial charge in [0.2, 0.25) is 0 Å². The predicted octanol–water partition coefficient (Wildman–Crippen LogP) is 3.52. The number of nitrogens with zero attached hydrogens (tertiary/aromatic N) is 1. The standard InChI is InChI=1S/C13H10ClNO/c1-9-4-5-15-7-12(9)10-2-3-13(14)11(6-10)8-16/h2-8H,1H3. The summed E-state index contributed by atoms with van der Waals surface area (Å²) >= 11 is 5.88. The molecule has 0 aliphatic carbocycles. The molecule has 0 atom stereocenters. The largest absolute Gasteiger partial charge is 0.298 e. The van der Waals surface area contributed by atoms with Gasteiger partial charge >= 0.3 is 0 Å². The van der Waals surface area contributed by atoms with E-state index in [1.54, 1.807) is 24.5 Å². The molecule has 0 saturated heterocycles.